The Morgan fingerprint density at radius 1 is 0.919 bits per heavy atom. The molecule has 0 bridgehead atoms. The number of aromatic nitrogens is 3. The fourth-order valence-corrected chi connectivity index (χ4v) is 6.24. The predicted octanol–water partition coefficient (Wildman–Crippen LogP) is 6.26. The number of hydrogen-bond donors (Lipinski definition) is 2. The van der Waals surface area contributed by atoms with Gasteiger partial charge in [0.25, 0.3) is 5.91 Å². The van der Waals surface area contributed by atoms with Crippen molar-refractivity contribution in [2.24, 2.45) is 11.8 Å². The maximum absolute atomic E-state index is 13.4. The molecule has 2 aliphatic carbocycles. The van der Waals surface area contributed by atoms with Crippen LogP contribution >= 0.6 is 11.3 Å². The van der Waals surface area contributed by atoms with Crippen LogP contribution in [0.2, 0.25) is 0 Å². The first-order chi connectivity index (χ1) is 17.9. The molecule has 2 N–H and O–H groups in total. The second-order valence-corrected chi connectivity index (χ2v) is 11.5. The van der Waals surface area contributed by atoms with Crippen molar-refractivity contribution >= 4 is 49.4 Å². The number of carbonyl (C=O) groups is 2. The number of hydrogen-bond acceptors (Lipinski definition) is 6. The van der Waals surface area contributed by atoms with Crippen LogP contribution in [-0.2, 0) is 4.79 Å². The van der Waals surface area contributed by atoms with Gasteiger partial charge < -0.3 is 10.6 Å². The van der Waals surface area contributed by atoms with Crippen molar-refractivity contribution in [1.29, 1.82) is 0 Å². The highest BCUT2D eigenvalue weighted by molar-refractivity contribution is 7.22. The summed E-state index contributed by atoms with van der Waals surface area (Å²) in [6.07, 6.45) is 8.03. The molecule has 8 heteroatoms. The summed E-state index contributed by atoms with van der Waals surface area (Å²) in [4.78, 5) is 39.3. The van der Waals surface area contributed by atoms with Gasteiger partial charge in [0.15, 0.2) is 5.13 Å². The average molecular weight is 514 g/mol. The fourth-order valence-electron chi connectivity index (χ4n) is 5.33. The van der Waals surface area contributed by atoms with Gasteiger partial charge in [-0.05, 0) is 80.8 Å². The highest BCUT2D eigenvalue weighted by Crippen LogP contribution is 2.34. The molecule has 0 unspecified atom stereocenters. The van der Waals surface area contributed by atoms with Gasteiger partial charge in [0.2, 0.25) is 5.91 Å². The van der Waals surface area contributed by atoms with Crippen LogP contribution < -0.4 is 10.6 Å². The minimum atomic E-state index is -0.139. The molecule has 6 rings (SSSR count). The lowest BCUT2D eigenvalue weighted by molar-refractivity contribution is -0.117. The van der Waals surface area contributed by atoms with Crippen molar-refractivity contribution in [1.82, 2.24) is 20.3 Å². The van der Waals surface area contributed by atoms with E-state index in [-0.39, 0.29) is 23.8 Å². The molecule has 7 nitrogen and oxygen atoms in total. The standard InChI is InChI=1S/C29H31N5O2S/c1-16(18-6-4-3-5-7-18)30-28(36)26-22-14-20(10-12-23(22)31-17(2)32-26)21-11-13-24-25(15-21)37-29(33-24)34-27(35)19-8-9-19/h10-16,18-19H,3-9H2,1-2H3,(H,30,36)(H,33,34,35)/t16-/m0/s1. The van der Waals surface area contributed by atoms with Gasteiger partial charge in [0.05, 0.1) is 15.7 Å². The number of anilines is 1. The molecule has 0 saturated heterocycles. The molecule has 2 heterocycles. The van der Waals surface area contributed by atoms with Gasteiger partial charge in [-0.3, -0.25) is 9.59 Å². The van der Waals surface area contributed by atoms with E-state index in [9.17, 15) is 9.59 Å². The molecule has 4 aromatic rings. The average Bonchev–Trinajstić information content (AvgIpc) is 3.68. The van der Waals surface area contributed by atoms with Crippen LogP contribution in [0, 0.1) is 18.8 Å². The molecule has 0 radical (unpaired) electrons. The third kappa shape index (κ3) is 5.07. The summed E-state index contributed by atoms with van der Waals surface area (Å²) in [6, 6.07) is 12.2. The summed E-state index contributed by atoms with van der Waals surface area (Å²) in [5, 5.41) is 7.56. The smallest absolute Gasteiger partial charge is 0.270 e. The fraction of sp³-hybridized carbons (Fsp3) is 0.414. The number of aryl methyl sites for hydroxylation is 1. The summed E-state index contributed by atoms with van der Waals surface area (Å²) in [5.74, 6) is 1.17. The zero-order valence-electron chi connectivity index (χ0n) is 21.2. The second kappa shape index (κ2) is 9.82. The number of carbonyl (C=O) groups excluding carboxylic acids is 2. The number of fused-ring (bicyclic) bond motifs is 2. The van der Waals surface area contributed by atoms with Gasteiger partial charge in [0.1, 0.15) is 11.5 Å². The minimum absolute atomic E-state index is 0.0627. The monoisotopic (exact) mass is 513 g/mol. The van der Waals surface area contributed by atoms with Crippen molar-refractivity contribution in [3.8, 4) is 11.1 Å². The van der Waals surface area contributed by atoms with E-state index in [1.165, 1.54) is 43.4 Å². The van der Waals surface area contributed by atoms with Crippen molar-refractivity contribution in [3.05, 3.63) is 47.9 Å². The molecular weight excluding hydrogens is 482 g/mol. The van der Waals surface area contributed by atoms with Crippen LogP contribution in [0.25, 0.3) is 32.2 Å². The molecule has 2 aliphatic rings. The van der Waals surface area contributed by atoms with E-state index in [1.807, 2.05) is 37.3 Å². The van der Waals surface area contributed by atoms with Crippen LogP contribution in [0.1, 0.15) is 68.2 Å². The van der Waals surface area contributed by atoms with E-state index in [2.05, 4.69) is 38.6 Å². The SMILES string of the molecule is Cc1nc(C(=O)N[C@@H](C)C2CCCCC2)c2cc(-c3ccc4nc(NC(=O)C5CC5)sc4c3)ccc2n1. The van der Waals surface area contributed by atoms with Gasteiger partial charge in [-0.15, -0.1) is 0 Å². The summed E-state index contributed by atoms with van der Waals surface area (Å²) in [7, 11) is 0. The topological polar surface area (TPSA) is 96.9 Å². The Labute approximate surface area is 220 Å². The maximum Gasteiger partial charge on any atom is 0.270 e. The number of nitrogens with one attached hydrogen (secondary N) is 2. The molecule has 2 aromatic carbocycles. The van der Waals surface area contributed by atoms with E-state index in [4.69, 9.17) is 0 Å². The Balaban J connectivity index is 1.30. The van der Waals surface area contributed by atoms with Gasteiger partial charge in [-0.25, -0.2) is 15.0 Å². The molecule has 0 aliphatic heterocycles. The highest BCUT2D eigenvalue weighted by Gasteiger charge is 2.30. The van der Waals surface area contributed by atoms with Crippen LogP contribution in [0.4, 0.5) is 5.13 Å². The normalized spacial score (nSPS) is 17.1. The van der Waals surface area contributed by atoms with E-state index >= 15 is 0 Å². The Morgan fingerprint density at radius 2 is 1.65 bits per heavy atom. The van der Waals surface area contributed by atoms with Crippen molar-refractivity contribution in [3.63, 3.8) is 0 Å². The Bertz CT molecular complexity index is 1500. The van der Waals surface area contributed by atoms with Gasteiger partial charge in [0, 0.05) is 17.3 Å². The highest BCUT2D eigenvalue weighted by atomic mass is 32.1. The third-order valence-electron chi connectivity index (χ3n) is 7.64. The van der Waals surface area contributed by atoms with Crippen LogP contribution in [-0.4, -0.2) is 32.8 Å². The number of thiazole rings is 1. The van der Waals surface area contributed by atoms with E-state index in [0.29, 0.717) is 22.6 Å². The first-order valence-electron chi connectivity index (χ1n) is 13.3. The quantitative estimate of drug-likeness (QED) is 0.317. The summed E-state index contributed by atoms with van der Waals surface area (Å²) < 4.78 is 1.00. The van der Waals surface area contributed by atoms with Crippen molar-refractivity contribution < 1.29 is 9.59 Å². The Hall–Kier alpha value is -3.39. The van der Waals surface area contributed by atoms with Gasteiger partial charge in [-0.2, -0.15) is 0 Å². The van der Waals surface area contributed by atoms with Gasteiger partial charge >= 0.3 is 0 Å². The zero-order chi connectivity index (χ0) is 25.5. The molecular formula is C29H31N5O2S. The number of rotatable bonds is 6. The molecule has 2 amide bonds. The lowest BCUT2D eigenvalue weighted by Crippen LogP contribution is -2.39. The Kier molecular flexibility index (Phi) is 6.36. The van der Waals surface area contributed by atoms with Crippen molar-refractivity contribution in [2.45, 2.75) is 64.8 Å². The van der Waals surface area contributed by atoms with Crippen LogP contribution in [0.5, 0.6) is 0 Å². The molecule has 190 valence electrons. The second-order valence-electron chi connectivity index (χ2n) is 10.5. The lowest BCUT2D eigenvalue weighted by Gasteiger charge is -2.28. The maximum atomic E-state index is 13.4. The predicted molar refractivity (Wildman–Crippen MR) is 148 cm³/mol. The first-order valence-corrected chi connectivity index (χ1v) is 14.1. The number of nitrogens with zero attached hydrogens (tertiary/aromatic N) is 3. The summed E-state index contributed by atoms with van der Waals surface area (Å²) in [5.41, 5.74) is 4.04. The largest absolute Gasteiger partial charge is 0.348 e. The summed E-state index contributed by atoms with van der Waals surface area (Å²) >= 11 is 1.48. The number of benzene rings is 2. The summed E-state index contributed by atoms with van der Waals surface area (Å²) in [6.45, 7) is 3.94. The zero-order valence-corrected chi connectivity index (χ0v) is 22.0. The van der Waals surface area contributed by atoms with Crippen LogP contribution in [0.15, 0.2) is 36.4 Å². The van der Waals surface area contributed by atoms with E-state index in [1.54, 1.807) is 0 Å². The van der Waals surface area contributed by atoms with Crippen molar-refractivity contribution in [2.75, 3.05) is 5.32 Å². The molecule has 2 aromatic heterocycles. The molecule has 1 atom stereocenters. The lowest BCUT2D eigenvalue weighted by atomic mass is 9.84. The molecule has 37 heavy (non-hydrogen) atoms. The van der Waals surface area contributed by atoms with Gasteiger partial charge in [-0.1, -0.05) is 42.7 Å². The molecule has 2 fully saturated rings. The minimum Gasteiger partial charge on any atom is -0.348 e. The number of amides is 2. The molecule has 2 saturated carbocycles. The Morgan fingerprint density at radius 3 is 2.41 bits per heavy atom. The first kappa shape index (κ1) is 24.0. The van der Waals surface area contributed by atoms with E-state index in [0.717, 1.165) is 45.1 Å². The molecule has 0 spiro atoms. The van der Waals surface area contributed by atoms with Crippen LogP contribution in [0.3, 0.4) is 0 Å². The van der Waals surface area contributed by atoms with E-state index < -0.39 is 0 Å². The third-order valence-corrected chi connectivity index (χ3v) is 8.57.